The van der Waals surface area contributed by atoms with Crippen LogP contribution >= 0.6 is 0 Å². The van der Waals surface area contributed by atoms with Crippen LogP contribution in [-0.2, 0) is 21.2 Å². The number of anilines is 1. The number of hydrogen-bond acceptors (Lipinski definition) is 6. The van der Waals surface area contributed by atoms with Gasteiger partial charge in [-0.3, -0.25) is 4.79 Å². The van der Waals surface area contributed by atoms with Crippen LogP contribution < -0.4 is 5.32 Å². The highest BCUT2D eigenvalue weighted by molar-refractivity contribution is 7.89. The molecular formula is C20H22N4O4S. The van der Waals surface area contributed by atoms with E-state index in [0.29, 0.717) is 43.1 Å². The minimum atomic E-state index is -3.52. The number of fused-ring (bicyclic) bond motifs is 1. The average Bonchev–Trinajstić information content (AvgIpc) is 3.11. The predicted octanol–water partition coefficient (Wildman–Crippen LogP) is 1.95. The van der Waals surface area contributed by atoms with Gasteiger partial charge in [0.1, 0.15) is 5.69 Å². The second-order valence-electron chi connectivity index (χ2n) is 7.08. The summed E-state index contributed by atoms with van der Waals surface area (Å²) in [4.78, 5) is 14.7. The van der Waals surface area contributed by atoms with E-state index < -0.39 is 10.0 Å². The van der Waals surface area contributed by atoms with E-state index in [1.807, 2.05) is 25.2 Å². The van der Waals surface area contributed by atoms with E-state index in [0.717, 1.165) is 5.39 Å². The van der Waals surface area contributed by atoms with Gasteiger partial charge in [0, 0.05) is 37.3 Å². The van der Waals surface area contributed by atoms with E-state index in [9.17, 15) is 13.2 Å². The lowest BCUT2D eigenvalue weighted by atomic mass is 10.1. The Morgan fingerprint density at radius 2 is 1.76 bits per heavy atom. The van der Waals surface area contributed by atoms with Crippen molar-refractivity contribution in [1.29, 1.82) is 0 Å². The molecule has 0 atom stereocenters. The molecule has 29 heavy (non-hydrogen) atoms. The zero-order valence-corrected chi connectivity index (χ0v) is 16.9. The highest BCUT2D eigenvalue weighted by atomic mass is 32.2. The van der Waals surface area contributed by atoms with E-state index in [1.54, 1.807) is 18.2 Å². The molecule has 1 aromatic heterocycles. The first-order valence-corrected chi connectivity index (χ1v) is 10.8. The minimum Gasteiger partial charge on any atom is -0.356 e. The molecule has 0 unspecified atom stereocenters. The number of para-hydroxylation sites is 1. The molecule has 4 rings (SSSR count). The summed E-state index contributed by atoms with van der Waals surface area (Å²) < 4.78 is 32.2. The monoisotopic (exact) mass is 414 g/mol. The fraction of sp³-hybridized carbons (Fsp3) is 0.300. The maximum atomic E-state index is 12.8. The van der Waals surface area contributed by atoms with E-state index in [4.69, 9.17) is 4.52 Å². The van der Waals surface area contributed by atoms with Gasteiger partial charge in [0.2, 0.25) is 15.9 Å². The van der Waals surface area contributed by atoms with Gasteiger partial charge in [-0.15, -0.1) is 0 Å². The van der Waals surface area contributed by atoms with Crippen LogP contribution in [0.4, 0.5) is 5.69 Å². The van der Waals surface area contributed by atoms with Crippen LogP contribution in [0.3, 0.4) is 0 Å². The molecule has 0 bridgehead atoms. The predicted molar refractivity (Wildman–Crippen MR) is 109 cm³/mol. The van der Waals surface area contributed by atoms with Gasteiger partial charge in [0.05, 0.1) is 11.3 Å². The minimum absolute atomic E-state index is 0.0678. The average molecular weight is 414 g/mol. The van der Waals surface area contributed by atoms with Gasteiger partial charge in [-0.05, 0) is 43.4 Å². The first-order valence-electron chi connectivity index (χ1n) is 9.35. The molecule has 0 aliphatic carbocycles. The van der Waals surface area contributed by atoms with Gasteiger partial charge >= 0.3 is 0 Å². The lowest BCUT2D eigenvalue weighted by molar-refractivity contribution is -0.115. The van der Waals surface area contributed by atoms with Crippen LogP contribution in [0, 0.1) is 0 Å². The van der Waals surface area contributed by atoms with Gasteiger partial charge in [0.15, 0.2) is 5.58 Å². The molecule has 1 fully saturated rings. The zero-order chi connectivity index (χ0) is 20.4. The van der Waals surface area contributed by atoms with Crippen LogP contribution in [0.5, 0.6) is 0 Å². The van der Waals surface area contributed by atoms with Crippen molar-refractivity contribution in [2.75, 3.05) is 38.5 Å². The second kappa shape index (κ2) is 7.94. The first kappa shape index (κ1) is 19.6. The Kier molecular flexibility index (Phi) is 5.35. The summed E-state index contributed by atoms with van der Waals surface area (Å²) in [7, 11) is -1.55. The van der Waals surface area contributed by atoms with Crippen LogP contribution in [0.2, 0.25) is 0 Å². The lowest BCUT2D eigenvalue weighted by Gasteiger charge is -2.31. The molecule has 1 aliphatic heterocycles. The zero-order valence-electron chi connectivity index (χ0n) is 16.0. The number of amides is 1. The molecule has 3 aromatic rings. The number of aromatic nitrogens is 1. The van der Waals surface area contributed by atoms with E-state index >= 15 is 0 Å². The number of piperazine rings is 1. The topological polar surface area (TPSA) is 95.8 Å². The molecule has 0 radical (unpaired) electrons. The summed E-state index contributed by atoms with van der Waals surface area (Å²) in [5.41, 5.74) is 1.72. The third kappa shape index (κ3) is 4.16. The largest absolute Gasteiger partial charge is 0.356 e. The van der Waals surface area contributed by atoms with Crippen molar-refractivity contribution in [1.82, 2.24) is 14.4 Å². The van der Waals surface area contributed by atoms with Crippen molar-refractivity contribution in [2.45, 2.75) is 11.3 Å². The molecule has 9 heteroatoms. The molecule has 0 spiro atoms. The molecule has 1 saturated heterocycles. The Hall–Kier alpha value is -2.75. The molecule has 8 nitrogen and oxygen atoms in total. The molecule has 2 heterocycles. The second-order valence-corrected chi connectivity index (χ2v) is 9.02. The van der Waals surface area contributed by atoms with Crippen molar-refractivity contribution in [2.24, 2.45) is 0 Å². The van der Waals surface area contributed by atoms with Gasteiger partial charge in [-0.1, -0.05) is 17.3 Å². The Labute approximate surface area is 169 Å². The van der Waals surface area contributed by atoms with Crippen LogP contribution in [-0.4, -0.2) is 61.9 Å². The molecule has 2 aromatic carbocycles. The third-order valence-electron chi connectivity index (χ3n) is 5.02. The van der Waals surface area contributed by atoms with E-state index in [1.165, 1.54) is 16.4 Å². The van der Waals surface area contributed by atoms with E-state index in [-0.39, 0.29) is 17.2 Å². The SMILES string of the molecule is CN1CCN(S(=O)(=O)c2ccc(NC(=O)Cc3noc4ccccc34)cc2)CC1. The Morgan fingerprint density at radius 1 is 1.07 bits per heavy atom. The number of nitrogens with zero attached hydrogens (tertiary/aromatic N) is 3. The molecule has 152 valence electrons. The maximum Gasteiger partial charge on any atom is 0.243 e. The third-order valence-corrected chi connectivity index (χ3v) is 6.93. The van der Waals surface area contributed by atoms with Crippen LogP contribution in [0.1, 0.15) is 5.69 Å². The number of carbonyl (C=O) groups excluding carboxylic acids is 1. The maximum absolute atomic E-state index is 12.8. The Bertz CT molecular complexity index is 1120. The number of likely N-dealkylation sites (N-methyl/N-ethyl adjacent to an activating group) is 1. The normalized spacial score (nSPS) is 16.2. The first-order chi connectivity index (χ1) is 13.9. The summed E-state index contributed by atoms with van der Waals surface area (Å²) in [6.45, 7) is 2.38. The molecule has 1 aliphatic rings. The lowest BCUT2D eigenvalue weighted by Crippen LogP contribution is -2.46. The quantitative estimate of drug-likeness (QED) is 0.686. The molecule has 1 N–H and O–H groups in total. The van der Waals surface area contributed by atoms with Crippen molar-refractivity contribution in [3.63, 3.8) is 0 Å². The van der Waals surface area contributed by atoms with Crippen molar-refractivity contribution >= 4 is 32.6 Å². The number of sulfonamides is 1. The van der Waals surface area contributed by atoms with Crippen LogP contribution in [0.15, 0.2) is 57.9 Å². The molecular weight excluding hydrogens is 392 g/mol. The van der Waals surface area contributed by atoms with E-state index in [2.05, 4.69) is 15.4 Å². The van der Waals surface area contributed by atoms with Crippen molar-refractivity contribution in [3.8, 4) is 0 Å². The number of rotatable bonds is 5. The number of nitrogens with one attached hydrogen (secondary N) is 1. The smallest absolute Gasteiger partial charge is 0.243 e. The van der Waals surface area contributed by atoms with Gasteiger partial charge in [-0.25, -0.2) is 8.42 Å². The fourth-order valence-electron chi connectivity index (χ4n) is 3.31. The highest BCUT2D eigenvalue weighted by Gasteiger charge is 2.27. The van der Waals surface area contributed by atoms with Gasteiger partial charge in [-0.2, -0.15) is 4.31 Å². The number of hydrogen-bond donors (Lipinski definition) is 1. The highest BCUT2D eigenvalue weighted by Crippen LogP contribution is 2.21. The Morgan fingerprint density at radius 3 is 2.48 bits per heavy atom. The molecule has 0 saturated carbocycles. The Balaban J connectivity index is 1.42. The van der Waals surface area contributed by atoms with Crippen LogP contribution in [0.25, 0.3) is 11.0 Å². The summed E-state index contributed by atoms with van der Waals surface area (Å²) in [6, 6.07) is 13.6. The summed E-state index contributed by atoms with van der Waals surface area (Å²) in [5, 5.41) is 7.53. The number of benzene rings is 2. The summed E-state index contributed by atoms with van der Waals surface area (Å²) in [6.07, 6.45) is 0.0678. The summed E-state index contributed by atoms with van der Waals surface area (Å²) in [5.74, 6) is -0.251. The standard InChI is InChI=1S/C20H22N4O4S/c1-23-10-12-24(13-11-23)29(26,27)16-8-6-15(7-9-16)21-20(25)14-18-17-4-2-3-5-19(17)28-22-18/h2-9H,10-14H2,1H3,(H,21,25). The summed E-state index contributed by atoms with van der Waals surface area (Å²) >= 11 is 0. The fourth-order valence-corrected chi connectivity index (χ4v) is 4.73. The molecule has 1 amide bonds. The van der Waals surface area contributed by atoms with Gasteiger partial charge in [0.25, 0.3) is 0 Å². The van der Waals surface area contributed by atoms with Gasteiger partial charge < -0.3 is 14.7 Å². The van der Waals surface area contributed by atoms with Crippen molar-refractivity contribution in [3.05, 3.63) is 54.2 Å². The number of carbonyl (C=O) groups is 1. The van der Waals surface area contributed by atoms with Crippen molar-refractivity contribution < 1.29 is 17.7 Å².